The van der Waals surface area contributed by atoms with Gasteiger partial charge in [-0.3, -0.25) is 0 Å². The van der Waals surface area contributed by atoms with Gasteiger partial charge in [0.25, 0.3) is 0 Å². The molecule has 0 atom stereocenters. The van der Waals surface area contributed by atoms with Gasteiger partial charge < -0.3 is 4.57 Å². The zero-order chi connectivity index (χ0) is 14.5. The first-order valence-electron chi connectivity index (χ1n) is 5.19. The van der Waals surface area contributed by atoms with Gasteiger partial charge in [-0.1, -0.05) is 19.4 Å². The third-order valence-corrected chi connectivity index (χ3v) is 3.62. The molecule has 1 heterocycles. The summed E-state index contributed by atoms with van der Waals surface area (Å²) in [5.41, 5.74) is 0.338. The maximum absolute atomic E-state index is 12.8. The van der Waals surface area contributed by atoms with Crippen LogP contribution in [0.15, 0.2) is 35.6 Å². The molecule has 0 radical (unpaired) electrons. The monoisotopic (exact) mass is 298 g/mol. The summed E-state index contributed by atoms with van der Waals surface area (Å²) in [6.45, 7) is 1.33. The number of rotatable bonds is 2. The summed E-state index contributed by atoms with van der Waals surface area (Å²) in [4.78, 5) is 1.97. The van der Waals surface area contributed by atoms with Crippen molar-refractivity contribution in [2.24, 2.45) is 7.05 Å². The highest BCUT2D eigenvalue weighted by Gasteiger charge is 2.65. The molecule has 2 aromatic rings. The summed E-state index contributed by atoms with van der Waals surface area (Å²) in [5.74, 6) is 0. The fourth-order valence-electron chi connectivity index (χ4n) is 1.68. The molecule has 19 heavy (non-hydrogen) atoms. The lowest BCUT2D eigenvalue weighted by atomic mass is 10.1. The summed E-state index contributed by atoms with van der Waals surface area (Å²) in [5, 5.41) is 0. The predicted octanol–water partition coefficient (Wildman–Crippen LogP) is 5.05. The minimum absolute atomic E-state index is 0.0175. The van der Waals surface area contributed by atoms with Crippen molar-refractivity contribution < 1.29 is 19.4 Å². The predicted molar refractivity (Wildman–Crippen MR) is 64.8 cm³/mol. The van der Waals surface area contributed by atoms with E-state index in [0.717, 1.165) is 0 Å². The molecule has 0 aliphatic rings. The Labute approximate surface area is 106 Å². The van der Waals surface area contributed by atoms with Crippen LogP contribution in [0.25, 0.3) is 11.3 Å². The standard InChI is InChI=1S/C11H11F5N2S/c1-8-3-9(11-6-18(2)7-17-11)5-10(4-8)19(12,13,14,15)16/h3-7H,1-2H3. The van der Waals surface area contributed by atoms with Gasteiger partial charge in [0.1, 0.15) is 4.90 Å². The Hall–Kier alpha value is -1.57. The van der Waals surface area contributed by atoms with Crippen molar-refractivity contribution in [1.29, 1.82) is 0 Å². The van der Waals surface area contributed by atoms with Crippen LogP contribution in [-0.2, 0) is 7.05 Å². The number of hydrogen-bond acceptors (Lipinski definition) is 1. The maximum Gasteiger partial charge on any atom is 0.310 e. The molecule has 8 heteroatoms. The topological polar surface area (TPSA) is 17.8 Å². The van der Waals surface area contributed by atoms with Gasteiger partial charge in [0.05, 0.1) is 12.0 Å². The summed E-state index contributed by atoms with van der Waals surface area (Å²) in [7, 11) is -8.03. The number of halogens is 5. The van der Waals surface area contributed by atoms with Crippen molar-refractivity contribution >= 4 is 10.2 Å². The van der Waals surface area contributed by atoms with Crippen LogP contribution in [0.5, 0.6) is 0 Å². The van der Waals surface area contributed by atoms with Crippen molar-refractivity contribution in [3.05, 3.63) is 36.3 Å². The van der Waals surface area contributed by atoms with Crippen molar-refractivity contribution in [1.82, 2.24) is 9.55 Å². The van der Waals surface area contributed by atoms with E-state index in [2.05, 4.69) is 4.98 Å². The smallest absolute Gasteiger partial charge is 0.310 e. The van der Waals surface area contributed by atoms with Crippen LogP contribution < -0.4 is 0 Å². The number of aryl methyl sites for hydroxylation is 2. The molecular formula is C11H11F5N2S. The Bertz CT molecular complexity index is 645. The van der Waals surface area contributed by atoms with Crippen molar-refractivity contribution in [3.8, 4) is 11.3 Å². The first-order chi connectivity index (χ1) is 8.35. The molecule has 0 fully saturated rings. The second kappa shape index (κ2) is 3.30. The van der Waals surface area contributed by atoms with Crippen molar-refractivity contribution in [2.75, 3.05) is 0 Å². The lowest BCUT2D eigenvalue weighted by Crippen LogP contribution is -2.06. The van der Waals surface area contributed by atoms with Crippen LogP contribution in [0.4, 0.5) is 19.4 Å². The van der Waals surface area contributed by atoms with Crippen LogP contribution in [0.1, 0.15) is 5.56 Å². The number of nitrogens with zero attached hydrogens (tertiary/aromatic N) is 2. The molecule has 0 aliphatic heterocycles. The van der Waals surface area contributed by atoms with E-state index in [-0.39, 0.29) is 16.8 Å². The summed E-state index contributed by atoms with van der Waals surface area (Å²) in [6, 6.07) is 2.28. The van der Waals surface area contributed by atoms with E-state index in [1.165, 1.54) is 30.1 Å². The number of aromatic nitrogens is 2. The third kappa shape index (κ3) is 3.06. The molecule has 0 unspecified atom stereocenters. The Morgan fingerprint density at radius 3 is 2.16 bits per heavy atom. The van der Waals surface area contributed by atoms with Gasteiger partial charge in [0.2, 0.25) is 0 Å². The molecule has 106 valence electrons. The van der Waals surface area contributed by atoms with E-state index in [4.69, 9.17) is 0 Å². The number of benzene rings is 1. The molecule has 2 nitrogen and oxygen atoms in total. The molecule has 0 saturated carbocycles. The van der Waals surface area contributed by atoms with Gasteiger partial charge in [0, 0.05) is 18.8 Å². The Morgan fingerprint density at radius 1 is 1.05 bits per heavy atom. The zero-order valence-electron chi connectivity index (χ0n) is 10.1. The molecule has 1 aromatic heterocycles. The van der Waals surface area contributed by atoms with E-state index in [9.17, 15) is 19.4 Å². The molecule has 0 saturated heterocycles. The Balaban J connectivity index is 2.66. The van der Waals surface area contributed by atoms with E-state index in [0.29, 0.717) is 12.1 Å². The van der Waals surface area contributed by atoms with Gasteiger partial charge in [-0.05, 0) is 30.7 Å². The fraction of sp³-hybridized carbons (Fsp3) is 0.182. The Kier molecular flexibility index (Phi) is 2.41. The van der Waals surface area contributed by atoms with Gasteiger partial charge in [0.15, 0.2) is 0 Å². The number of imidazole rings is 1. The molecule has 0 aliphatic carbocycles. The molecule has 0 spiro atoms. The van der Waals surface area contributed by atoms with Crippen LogP contribution in [-0.4, -0.2) is 9.55 Å². The quantitative estimate of drug-likeness (QED) is 0.709. The summed E-state index contributed by atoms with van der Waals surface area (Å²) in [6.07, 6.45) is 2.85. The lowest BCUT2D eigenvalue weighted by Gasteiger charge is -2.40. The SMILES string of the molecule is Cc1cc(-c2cn(C)cn2)cc(S(F)(F)(F)(F)F)c1. The molecular weight excluding hydrogens is 287 g/mol. The average Bonchev–Trinajstić information content (AvgIpc) is 2.60. The highest BCUT2D eigenvalue weighted by molar-refractivity contribution is 8.45. The minimum Gasteiger partial charge on any atom is -0.340 e. The average molecular weight is 298 g/mol. The molecule has 0 bridgehead atoms. The van der Waals surface area contributed by atoms with Gasteiger partial charge >= 0.3 is 10.2 Å². The lowest BCUT2D eigenvalue weighted by molar-refractivity contribution is 0.364. The highest BCUT2D eigenvalue weighted by Crippen LogP contribution is 3.02. The van der Waals surface area contributed by atoms with Crippen LogP contribution in [0.2, 0.25) is 0 Å². The highest BCUT2D eigenvalue weighted by atomic mass is 32.5. The fourth-order valence-corrected chi connectivity index (χ4v) is 2.44. The maximum atomic E-state index is 12.8. The third-order valence-electron chi connectivity index (χ3n) is 2.50. The molecule has 0 amide bonds. The second-order valence-electron chi connectivity index (χ2n) is 4.43. The van der Waals surface area contributed by atoms with E-state index in [1.54, 1.807) is 7.05 Å². The van der Waals surface area contributed by atoms with Crippen LogP contribution in [0, 0.1) is 6.92 Å². The largest absolute Gasteiger partial charge is 0.340 e. The zero-order valence-corrected chi connectivity index (χ0v) is 10.9. The van der Waals surface area contributed by atoms with E-state index in [1.807, 2.05) is 0 Å². The first-order valence-corrected chi connectivity index (χ1v) is 7.14. The van der Waals surface area contributed by atoms with Crippen molar-refractivity contribution in [3.63, 3.8) is 0 Å². The number of hydrogen-bond donors (Lipinski definition) is 0. The first kappa shape index (κ1) is 13.9. The molecule has 2 rings (SSSR count). The van der Waals surface area contributed by atoms with Crippen LogP contribution >= 0.6 is 10.2 Å². The van der Waals surface area contributed by atoms with Crippen LogP contribution in [0.3, 0.4) is 0 Å². The van der Waals surface area contributed by atoms with Gasteiger partial charge in [-0.15, -0.1) is 0 Å². The summed E-state index contributed by atoms with van der Waals surface area (Å²) >= 11 is 0. The molecule has 1 aromatic carbocycles. The van der Waals surface area contributed by atoms with Gasteiger partial charge in [-0.2, -0.15) is 0 Å². The van der Waals surface area contributed by atoms with E-state index >= 15 is 0 Å². The van der Waals surface area contributed by atoms with E-state index < -0.39 is 15.1 Å². The summed E-state index contributed by atoms with van der Waals surface area (Å²) < 4.78 is 65.5. The Morgan fingerprint density at radius 2 is 1.68 bits per heavy atom. The normalized spacial score (nSPS) is 15.9. The van der Waals surface area contributed by atoms with Crippen molar-refractivity contribution in [2.45, 2.75) is 11.8 Å². The minimum atomic E-state index is -9.67. The second-order valence-corrected chi connectivity index (χ2v) is 6.84. The molecule has 0 N–H and O–H groups in total. The van der Waals surface area contributed by atoms with Gasteiger partial charge in [-0.25, -0.2) is 4.98 Å².